The highest BCUT2D eigenvalue weighted by Gasteiger charge is 1.90. The molecule has 5 nitrogen and oxygen atoms in total. The second-order valence-electron chi connectivity index (χ2n) is 2.53. The molecule has 3 heterocycles. The SMILES string of the molecule is c1c[nH]cn1.c1cnc2[nH]ccc2n1. The van der Waals surface area contributed by atoms with Gasteiger partial charge in [-0.15, -0.1) is 0 Å². The second kappa shape index (κ2) is 4.18. The summed E-state index contributed by atoms with van der Waals surface area (Å²) in [5.74, 6) is 0. The topological polar surface area (TPSA) is 70.2 Å². The number of fused-ring (bicyclic) bond motifs is 1. The van der Waals surface area contributed by atoms with Crippen LogP contribution in [0.25, 0.3) is 11.2 Å². The molecule has 0 saturated heterocycles. The molecule has 0 spiro atoms. The molecule has 0 unspecified atom stereocenters. The van der Waals surface area contributed by atoms with Crippen molar-refractivity contribution in [3.8, 4) is 0 Å². The highest BCUT2D eigenvalue weighted by molar-refractivity contribution is 5.69. The van der Waals surface area contributed by atoms with E-state index >= 15 is 0 Å². The number of imidazole rings is 1. The normalized spacial score (nSPS) is 9.43. The summed E-state index contributed by atoms with van der Waals surface area (Å²) in [4.78, 5) is 17.4. The van der Waals surface area contributed by atoms with Crippen LogP contribution in [0.15, 0.2) is 43.4 Å². The standard InChI is InChI=1S/C6H5N3.C3H4N2/c1-2-8-6-5(1)7-3-4-9-6;1-2-5-3-4-1/h1-4H,(H,8,9);1-3H,(H,4,5). The summed E-state index contributed by atoms with van der Waals surface area (Å²) < 4.78 is 0. The maximum absolute atomic E-state index is 4.05. The van der Waals surface area contributed by atoms with Gasteiger partial charge in [-0.1, -0.05) is 0 Å². The third-order valence-corrected chi connectivity index (χ3v) is 1.59. The lowest BCUT2D eigenvalue weighted by Crippen LogP contribution is -1.75. The molecular weight excluding hydrogens is 178 g/mol. The molecule has 0 fully saturated rings. The van der Waals surface area contributed by atoms with Gasteiger partial charge in [0.15, 0.2) is 5.65 Å². The first kappa shape index (κ1) is 8.43. The summed E-state index contributed by atoms with van der Waals surface area (Å²) in [5, 5.41) is 0. The Morgan fingerprint density at radius 3 is 2.57 bits per heavy atom. The van der Waals surface area contributed by atoms with E-state index in [2.05, 4.69) is 24.9 Å². The molecule has 70 valence electrons. The first-order chi connectivity index (χ1) is 6.97. The highest BCUT2D eigenvalue weighted by atomic mass is 14.9. The number of H-pyrrole nitrogens is 2. The van der Waals surface area contributed by atoms with E-state index in [9.17, 15) is 0 Å². The molecule has 0 saturated carbocycles. The lowest BCUT2D eigenvalue weighted by molar-refractivity contribution is 1.26. The first-order valence-corrected chi connectivity index (χ1v) is 4.13. The summed E-state index contributed by atoms with van der Waals surface area (Å²) in [6, 6.07) is 1.89. The second-order valence-corrected chi connectivity index (χ2v) is 2.53. The van der Waals surface area contributed by atoms with Crippen LogP contribution in [0.2, 0.25) is 0 Å². The van der Waals surface area contributed by atoms with Gasteiger partial charge in [-0.25, -0.2) is 9.97 Å². The van der Waals surface area contributed by atoms with Crippen LogP contribution in [0.4, 0.5) is 0 Å². The van der Waals surface area contributed by atoms with Crippen molar-refractivity contribution in [2.24, 2.45) is 0 Å². The molecule has 0 atom stereocenters. The van der Waals surface area contributed by atoms with Crippen molar-refractivity contribution < 1.29 is 0 Å². The molecule has 2 N–H and O–H groups in total. The molecule has 0 aliphatic rings. The van der Waals surface area contributed by atoms with Crippen molar-refractivity contribution in [3.63, 3.8) is 0 Å². The molecule has 3 aromatic heterocycles. The third kappa shape index (κ3) is 1.95. The van der Waals surface area contributed by atoms with Gasteiger partial charge in [0.25, 0.3) is 0 Å². The van der Waals surface area contributed by atoms with E-state index in [-0.39, 0.29) is 0 Å². The van der Waals surface area contributed by atoms with Gasteiger partial charge in [0.1, 0.15) is 5.52 Å². The predicted octanol–water partition coefficient (Wildman–Crippen LogP) is 1.37. The number of nitrogens with zero attached hydrogens (tertiary/aromatic N) is 3. The average Bonchev–Trinajstić information content (AvgIpc) is 2.92. The molecule has 14 heavy (non-hydrogen) atoms. The minimum absolute atomic E-state index is 0.845. The molecule has 0 bridgehead atoms. The summed E-state index contributed by atoms with van der Waals surface area (Å²) in [6.07, 6.45) is 10.2. The van der Waals surface area contributed by atoms with Gasteiger partial charge in [-0.3, -0.25) is 4.98 Å². The summed E-state index contributed by atoms with van der Waals surface area (Å²) in [5.41, 5.74) is 1.76. The van der Waals surface area contributed by atoms with Crippen molar-refractivity contribution in [1.82, 2.24) is 24.9 Å². The van der Waals surface area contributed by atoms with Crippen molar-refractivity contribution in [3.05, 3.63) is 43.4 Å². The molecule has 5 heteroatoms. The molecule has 3 aromatic rings. The lowest BCUT2D eigenvalue weighted by Gasteiger charge is -1.81. The molecular formula is C9H9N5. The number of aromatic amines is 2. The van der Waals surface area contributed by atoms with Crippen molar-refractivity contribution in [1.29, 1.82) is 0 Å². The summed E-state index contributed by atoms with van der Waals surface area (Å²) >= 11 is 0. The highest BCUT2D eigenvalue weighted by Crippen LogP contribution is 2.01. The van der Waals surface area contributed by atoms with E-state index in [4.69, 9.17) is 0 Å². The van der Waals surface area contributed by atoms with Gasteiger partial charge in [-0.05, 0) is 6.07 Å². The Morgan fingerprint density at radius 2 is 1.93 bits per heavy atom. The molecule has 0 aliphatic heterocycles. The Labute approximate surface area is 80.3 Å². The van der Waals surface area contributed by atoms with Crippen LogP contribution in [0.1, 0.15) is 0 Å². The van der Waals surface area contributed by atoms with E-state index in [1.807, 2.05) is 12.3 Å². The van der Waals surface area contributed by atoms with E-state index < -0.39 is 0 Å². The van der Waals surface area contributed by atoms with E-state index in [1.165, 1.54) is 0 Å². The number of nitrogens with one attached hydrogen (secondary N) is 2. The van der Waals surface area contributed by atoms with Gasteiger partial charge in [0.2, 0.25) is 0 Å². The fourth-order valence-electron chi connectivity index (χ4n) is 0.997. The molecule has 0 radical (unpaired) electrons. The first-order valence-electron chi connectivity index (χ1n) is 4.13. The van der Waals surface area contributed by atoms with Crippen molar-refractivity contribution in [2.75, 3.05) is 0 Å². The number of aromatic nitrogens is 5. The van der Waals surface area contributed by atoms with Crippen molar-refractivity contribution >= 4 is 11.2 Å². The van der Waals surface area contributed by atoms with Gasteiger partial charge in [-0.2, -0.15) is 0 Å². The Morgan fingerprint density at radius 1 is 1.00 bits per heavy atom. The number of hydrogen-bond acceptors (Lipinski definition) is 3. The monoisotopic (exact) mass is 187 g/mol. The van der Waals surface area contributed by atoms with Gasteiger partial charge in [0, 0.05) is 31.0 Å². The van der Waals surface area contributed by atoms with Crippen LogP contribution in [0.3, 0.4) is 0 Å². The van der Waals surface area contributed by atoms with E-state index in [0.717, 1.165) is 11.2 Å². The van der Waals surface area contributed by atoms with Gasteiger partial charge < -0.3 is 9.97 Å². The van der Waals surface area contributed by atoms with Crippen LogP contribution >= 0.6 is 0 Å². The van der Waals surface area contributed by atoms with E-state index in [0.29, 0.717) is 0 Å². The quantitative estimate of drug-likeness (QED) is 0.558. The Hall–Kier alpha value is -2.17. The fraction of sp³-hybridized carbons (Fsp3) is 0. The maximum atomic E-state index is 4.05. The Balaban J connectivity index is 0.000000128. The maximum Gasteiger partial charge on any atom is 0.155 e. The Bertz CT molecular complexity index is 423. The zero-order valence-electron chi connectivity index (χ0n) is 7.38. The van der Waals surface area contributed by atoms with Gasteiger partial charge >= 0.3 is 0 Å². The fourth-order valence-corrected chi connectivity index (χ4v) is 0.997. The zero-order chi connectivity index (χ0) is 9.64. The smallest absolute Gasteiger partial charge is 0.155 e. The lowest BCUT2D eigenvalue weighted by atomic mass is 10.5. The van der Waals surface area contributed by atoms with E-state index in [1.54, 1.807) is 31.1 Å². The van der Waals surface area contributed by atoms with Crippen LogP contribution in [-0.4, -0.2) is 24.9 Å². The van der Waals surface area contributed by atoms with Crippen LogP contribution in [-0.2, 0) is 0 Å². The molecule has 0 aromatic carbocycles. The van der Waals surface area contributed by atoms with Gasteiger partial charge in [0.05, 0.1) is 6.33 Å². The minimum Gasteiger partial charge on any atom is -0.351 e. The number of hydrogen-bond donors (Lipinski definition) is 2. The summed E-state index contributed by atoms with van der Waals surface area (Å²) in [6.45, 7) is 0. The molecule has 0 amide bonds. The number of rotatable bonds is 0. The third-order valence-electron chi connectivity index (χ3n) is 1.59. The van der Waals surface area contributed by atoms with Crippen molar-refractivity contribution in [2.45, 2.75) is 0 Å². The largest absolute Gasteiger partial charge is 0.351 e. The Kier molecular flexibility index (Phi) is 2.51. The van der Waals surface area contributed by atoms with Crippen LogP contribution in [0, 0.1) is 0 Å². The molecule has 3 rings (SSSR count). The summed E-state index contributed by atoms with van der Waals surface area (Å²) in [7, 11) is 0. The predicted molar refractivity (Wildman–Crippen MR) is 52.5 cm³/mol. The minimum atomic E-state index is 0.845. The van der Waals surface area contributed by atoms with Crippen LogP contribution in [0.5, 0.6) is 0 Å². The van der Waals surface area contributed by atoms with Crippen LogP contribution < -0.4 is 0 Å². The molecule has 0 aliphatic carbocycles. The average molecular weight is 187 g/mol. The zero-order valence-corrected chi connectivity index (χ0v) is 7.38.